The van der Waals surface area contributed by atoms with E-state index in [1.165, 1.54) is 0 Å². The van der Waals surface area contributed by atoms with E-state index in [4.69, 9.17) is 4.74 Å². The van der Waals surface area contributed by atoms with Gasteiger partial charge in [-0.1, -0.05) is 0 Å². The van der Waals surface area contributed by atoms with Crippen LogP contribution in [0.3, 0.4) is 0 Å². The molecule has 0 bridgehead atoms. The standard InChI is InChI=1S/C12H22N2O4S/c1-11(2,3)18-10(15)14-7-12-6-13-4-9(12)5-19(16,17)8-12/h9,13H,4-8H2,1-3H3,(H,14,15). The number of amides is 1. The molecule has 2 aliphatic heterocycles. The predicted octanol–water partition coefficient (Wildman–Crippen LogP) is 0.145. The molecule has 0 aromatic heterocycles. The number of ether oxygens (including phenoxy) is 1. The number of carbonyl (C=O) groups excluding carboxylic acids is 1. The van der Waals surface area contributed by atoms with E-state index >= 15 is 0 Å². The van der Waals surface area contributed by atoms with Crippen molar-refractivity contribution in [2.75, 3.05) is 31.1 Å². The topological polar surface area (TPSA) is 84.5 Å². The molecule has 2 atom stereocenters. The molecule has 2 fully saturated rings. The van der Waals surface area contributed by atoms with Crippen molar-refractivity contribution >= 4 is 15.9 Å². The fourth-order valence-electron chi connectivity index (χ4n) is 2.88. The van der Waals surface area contributed by atoms with E-state index < -0.39 is 21.5 Å². The molecule has 0 saturated carbocycles. The summed E-state index contributed by atoms with van der Waals surface area (Å²) in [6, 6.07) is 0. The summed E-state index contributed by atoms with van der Waals surface area (Å²) in [5.74, 6) is 0.455. The van der Waals surface area contributed by atoms with Gasteiger partial charge in [0.1, 0.15) is 5.60 Å². The van der Waals surface area contributed by atoms with Gasteiger partial charge < -0.3 is 15.4 Å². The monoisotopic (exact) mass is 290 g/mol. The highest BCUT2D eigenvalue weighted by molar-refractivity contribution is 7.91. The molecule has 2 N–H and O–H groups in total. The van der Waals surface area contributed by atoms with Gasteiger partial charge >= 0.3 is 6.09 Å². The maximum atomic E-state index is 11.8. The van der Waals surface area contributed by atoms with Gasteiger partial charge in [0.15, 0.2) is 9.84 Å². The Labute approximate surface area is 114 Å². The molecule has 2 saturated heterocycles. The number of fused-ring (bicyclic) bond motifs is 1. The molecule has 7 heteroatoms. The Balaban J connectivity index is 1.97. The summed E-state index contributed by atoms with van der Waals surface area (Å²) in [7, 11) is -2.98. The van der Waals surface area contributed by atoms with E-state index in [0.29, 0.717) is 19.6 Å². The van der Waals surface area contributed by atoms with Crippen LogP contribution in [0.5, 0.6) is 0 Å². The van der Waals surface area contributed by atoms with E-state index in [9.17, 15) is 13.2 Å². The van der Waals surface area contributed by atoms with Gasteiger partial charge in [-0.2, -0.15) is 0 Å². The molecule has 2 rings (SSSR count). The van der Waals surface area contributed by atoms with Gasteiger partial charge in [0, 0.05) is 18.5 Å². The highest BCUT2D eigenvalue weighted by Gasteiger charge is 2.53. The normalized spacial score (nSPS) is 32.9. The van der Waals surface area contributed by atoms with E-state index in [-0.39, 0.29) is 22.8 Å². The van der Waals surface area contributed by atoms with Crippen molar-refractivity contribution in [3.63, 3.8) is 0 Å². The number of carbonyl (C=O) groups is 1. The van der Waals surface area contributed by atoms with E-state index in [0.717, 1.165) is 0 Å². The maximum absolute atomic E-state index is 11.8. The highest BCUT2D eigenvalue weighted by atomic mass is 32.2. The van der Waals surface area contributed by atoms with Gasteiger partial charge in [-0.05, 0) is 33.2 Å². The lowest BCUT2D eigenvalue weighted by atomic mass is 9.81. The highest BCUT2D eigenvalue weighted by Crippen LogP contribution is 2.39. The van der Waals surface area contributed by atoms with Crippen molar-refractivity contribution in [2.45, 2.75) is 26.4 Å². The molecule has 19 heavy (non-hydrogen) atoms. The first kappa shape index (κ1) is 14.6. The second kappa shape index (κ2) is 4.63. The summed E-state index contributed by atoms with van der Waals surface area (Å²) in [6.07, 6.45) is -0.489. The Morgan fingerprint density at radius 1 is 1.47 bits per heavy atom. The van der Waals surface area contributed by atoms with Crippen LogP contribution in [0.2, 0.25) is 0 Å². The van der Waals surface area contributed by atoms with E-state index in [1.807, 2.05) is 0 Å². The van der Waals surface area contributed by atoms with Crippen LogP contribution in [-0.2, 0) is 14.6 Å². The Morgan fingerprint density at radius 3 is 2.79 bits per heavy atom. The Morgan fingerprint density at radius 2 is 2.16 bits per heavy atom. The van der Waals surface area contributed by atoms with Crippen molar-refractivity contribution in [1.82, 2.24) is 10.6 Å². The molecule has 0 aromatic rings. The minimum absolute atomic E-state index is 0.0902. The smallest absolute Gasteiger partial charge is 0.407 e. The predicted molar refractivity (Wildman–Crippen MR) is 71.7 cm³/mol. The first-order chi connectivity index (χ1) is 8.62. The van der Waals surface area contributed by atoms with Crippen LogP contribution in [-0.4, -0.2) is 51.3 Å². The largest absolute Gasteiger partial charge is 0.444 e. The molecular formula is C12H22N2O4S. The SMILES string of the molecule is CC(C)(C)OC(=O)NCC12CNCC1CS(=O)(=O)C2. The summed E-state index contributed by atoms with van der Waals surface area (Å²) in [5.41, 5.74) is -0.910. The van der Waals surface area contributed by atoms with Crippen molar-refractivity contribution in [2.24, 2.45) is 11.3 Å². The third-order valence-corrected chi connectivity index (χ3v) is 5.60. The Hall–Kier alpha value is -0.820. The lowest BCUT2D eigenvalue weighted by Crippen LogP contribution is -2.44. The van der Waals surface area contributed by atoms with Crippen LogP contribution < -0.4 is 10.6 Å². The van der Waals surface area contributed by atoms with Crippen molar-refractivity contribution in [3.05, 3.63) is 0 Å². The number of rotatable bonds is 2. The van der Waals surface area contributed by atoms with Crippen molar-refractivity contribution in [3.8, 4) is 0 Å². The molecule has 110 valence electrons. The van der Waals surface area contributed by atoms with Gasteiger partial charge in [-0.15, -0.1) is 0 Å². The Bertz CT molecular complexity index is 469. The van der Waals surface area contributed by atoms with Gasteiger partial charge in [0.05, 0.1) is 11.5 Å². The maximum Gasteiger partial charge on any atom is 0.407 e. The van der Waals surface area contributed by atoms with Crippen LogP contribution in [0.25, 0.3) is 0 Å². The second-order valence-corrected chi connectivity index (χ2v) is 8.71. The first-order valence-electron chi connectivity index (χ1n) is 6.50. The number of sulfone groups is 1. The number of hydrogen-bond donors (Lipinski definition) is 2. The average Bonchev–Trinajstić information content (AvgIpc) is 2.64. The average molecular weight is 290 g/mol. The summed E-state index contributed by atoms with van der Waals surface area (Å²) in [6.45, 7) is 7.07. The number of alkyl carbamates (subject to hydrolysis) is 1. The first-order valence-corrected chi connectivity index (χ1v) is 8.32. The molecule has 0 aromatic carbocycles. The summed E-state index contributed by atoms with van der Waals surface area (Å²) < 4.78 is 28.7. The zero-order chi connectivity index (χ0) is 14.3. The zero-order valence-electron chi connectivity index (χ0n) is 11.7. The van der Waals surface area contributed by atoms with Crippen molar-refractivity contribution < 1.29 is 17.9 Å². The molecule has 0 radical (unpaired) electrons. The minimum Gasteiger partial charge on any atom is -0.444 e. The van der Waals surface area contributed by atoms with Crippen LogP contribution in [0, 0.1) is 11.3 Å². The molecule has 2 heterocycles. The molecule has 2 unspecified atom stereocenters. The zero-order valence-corrected chi connectivity index (χ0v) is 12.5. The van der Waals surface area contributed by atoms with E-state index in [2.05, 4.69) is 10.6 Å². The molecule has 2 aliphatic rings. The molecule has 0 aliphatic carbocycles. The van der Waals surface area contributed by atoms with Gasteiger partial charge in [0.2, 0.25) is 0 Å². The second-order valence-electron chi connectivity index (χ2n) is 6.60. The quantitative estimate of drug-likeness (QED) is 0.756. The minimum atomic E-state index is -2.98. The lowest BCUT2D eigenvalue weighted by molar-refractivity contribution is 0.0502. The summed E-state index contributed by atoms with van der Waals surface area (Å²) >= 11 is 0. The summed E-state index contributed by atoms with van der Waals surface area (Å²) in [4.78, 5) is 11.7. The van der Waals surface area contributed by atoms with Crippen LogP contribution in [0.4, 0.5) is 4.79 Å². The van der Waals surface area contributed by atoms with Crippen LogP contribution >= 0.6 is 0 Å². The third-order valence-electron chi connectivity index (χ3n) is 3.68. The molecule has 6 nitrogen and oxygen atoms in total. The van der Waals surface area contributed by atoms with Gasteiger partial charge in [0.25, 0.3) is 0 Å². The van der Waals surface area contributed by atoms with Crippen LogP contribution in [0.1, 0.15) is 20.8 Å². The number of nitrogens with one attached hydrogen (secondary N) is 2. The molecular weight excluding hydrogens is 268 g/mol. The fraction of sp³-hybridized carbons (Fsp3) is 0.917. The van der Waals surface area contributed by atoms with Gasteiger partial charge in [-0.3, -0.25) is 0 Å². The van der Waals surface area contributed by atoms with E-state index in [1.54, 1.807) is 20.8 Å². The Kier molecular flexibility index (Phi) is 3.55. The summed E-state index contributed by atoms with van der Waals surface area (Å²) in [5, 5.41) is 5.93. The van der Waals surface area contributed by atoms with Crippen molar-refractivity contribution in [1.29, 1.82) is 0 Å². The van der Waals surface area contributed by atoms with Crippen LogP contribution in [0.15, 0.2) is 0 Å². The molecule has 0 spiro atoms. The molecule has 1 amide bonds. The lowest BCUT2D eigenvalue weighted by Gasteiger charge is -2.28. The fourth-order valence-corrected chi connectivity index (χ4v) is 5.40. The van der Waals surface area contributed by atoms with Gasteiger partial charge in [-0.25, -0.2) is 13.2 Å². The number of hydrogen-bond acceptors (Lipinski definition) is 5. The third kappa shape index (κ3) is 3.39.